The van der Waals surface area contributed by atoms with Gasteiger partial charge in [-0.1, -0.05) is 11.6 Å². The molecule has 1 aliphatic rings. The van der Waals surface area contributed by atoms with Gasteiger partial charge in [-0.15, -0.1) is 0 Å². The van der Waals surface area contributed by atoms with Crippen LogP contribution in [-0.4, -0.2) is 33.9 Å². The van der Waals surface area contributed by atoms with Crippen LogP contribution in [0.15, 0.2) is 12.4 Å². The summed E-state index contributed by atoms with van der Waals surface area (Å²) in [5, 5.41) is 0.505. The zero-order valence-corrected chi connectivity index (χ0v) is 11.4. The third kappa shape index (κ3) is 3.42. The Labute approximate surface area is 112 Å². The summed E-state index contributed by atoms with van der Waals surface area (Å²) in [6.07, 6.45) is 7.35. The van der Waals surface area contributed by atoms with E-state index < -0.39 is 0 Å². The summed E-state index contributed by atoms with van der Waals surface area (Å²) >= 11 is 6.03. The van der Waals surface area contributed by atoms with Crippen molar-refractivity contribution < 1.29 is 4.79 Å². The summed E-state index contributed by atoms with van der Waals surface area (Å²) in [7, 11) is 0. The maximum absolute atomic E-state index is 11.4. The quantitative estimate of drug-likeness (QED) is 0.826. The van der Waals surface area contributed by atoms with Gasteiger partial charge >= 0.3 is 0 Å². The lowest BCUT2D eigenvalue weighted by Gasteiger charge is -2.18. The Bertz CT molecular complexity index is 424. The standard InChI is InChI=1S/C13H18ClN3O/c1-10(18)17-7-2-3-11(4-8-17)9-12-13(14)16-6-5-15-12/h5-6,11H,2-4,7-9H2,1H3. The Morgan fingerprint density at radius 1 is 1.39 bits per heavy atom. The summed E-state index contributed by atoms with van der Waals surface area (Å²) in [5.74, 6) is 0.719. The van der Waals surface area contributed by atoms with Gasteiger partial charge in [-0.05, 0) is 31.6 Å². The van der Waals surface area contributed by atoms with Gasteiger partial charge in [-0.25, -0.2) is 4.98 Å². The van der Waals surface area contributed by atoms with Crippen LogP contribution in [0.2, 0.25) is 5.15 Å². The predicted octanol–water partition coefficient (Wildman–Crippen LogP) is 2.32. The van der Waals surface area contributed by atoms with E-state index in [2.05, 4.69) is 9.97 Å². The SMILES string of the molecule is CC(=O)N1CCCC(Cc2nccnc2Cl)CC1. The van der Waals surface area contributed by atoms with Crippen LogP contribution in [0.3, 0.4) is 0 Å². The summed E-state index contributed by atoms with van der Waals surface area (Å²) in [5.41, 5.74) is 0.875. The topological polar surface area (TPSA) is 46.1 Å². The molecule has 1 atom stereocenters. The van der Waals surface area contributed by atoms with Gasteiger partial charge in [0.25, 0.3) is 0 Å². The third-order valence-corrected chi connectivity index (χ3v) is 3.81. The smallest absolute Gasteiger partial charge is 0.219 e. The summed E-state index contributed by atoms with van der Waals surface area (Å²) in [4.78, 5) is 21.6. The van der Waals surface area contributed by atoms with Crippen molar-refractivity contribution in [1.29, 1.82) is 0 Å². The van der Waals surface area contributed by atoms with Crippen molar-refractivity contribution in [1.82, 2.24) is 14.9 Å². The largest absolute Gasteiger partial charge is 0.343 e. The number of carbonyl (C=O) groups excluding carboxylic acids is 1. The molecule has 0 aliphatic carbocycles. The van der Waals surface area contributed by atoms with Gasteiger partial charge in [-0.2, -0.15) is 0 Å². The highest BCUT2D eigenvalue weighted by Gasteiger charge is 2.20. The Morgan fingerprint density at radius 3 is 2.89 bits per heavy atom. The molecule has 0 aromatic carbocycles. The minimum absolute atomic E-state index is 0.174. The minimum Gasteiger partial charge on any atom is -0.343 e. The normalized spacial score (nSPS) is 20.6. The zero-order valence-electron chi connectivity index (χ0n) is 10.6. The molecule has 1 amide bonds. The number of carbonyl (C=O) groups is 1. The molecule has 0 spiro atoms. The minimum atomic E-state index is 0.174. The predicted molar refractivity (Wildman–Crippen MR) is 70.3 cm³/mol. The van der Waals surface area contributed by atoms with Gasteiger partial charge in [0.05, 0.1) is 5.69 Å². The number of likely N-dealkylation sites (tertiary alicyclic amines) is 1. The highest BCUT2D eigenvalue weighted by Crippen LogP contribution is 2.23. The monoisotopic (exact) mass is 267 g/mol. The van der Waals surface area contributed by atoms with Crippen molar-refractivity contribution in [2.24, 2.45) is 5.92 Å². The van der Waals surface area contributed by atoms with E-state index in [0.29, 0.717) is 11.1 Å². The number of halogens is 1. The molecule has 0 saturated carbocycles. The zero-order chi connectivity index (χ0) is 13.0. The van der Waals surface area contributed by atoms with E-state index in [9.17, 15) is 4.79 Å². The molecule has 98 valence electrons. The van der Waals surface area contributed by atoms with Crippen LogP contribution in [0.25, 0.3) is 0 Å². The van der Waals surface area contributed by atoms with Crippen LogP contribution in [0.1, 0.15) is 31.9 Å². The van der Waals surface area contributed by atoms with E-state index in [1.54, 1.807) is 19.3 Å². The summed E-state index contributed by atoms with van der Waals surface area (Å²) in [6, 6.07) is 0. The van der Waals surface area contributed by atoms with E-state index >= 15 is 0 Å². The van der Waals surface area contributed by atoms with Crippen LogP contribution in [0, 0.1) is 5.92 Å². The molecule has 2 rings (SSSR count). The molecular weight excluding hydrogens is 250 g/mol. The fraction of sp³-hybridized carbons (Fsp3) is 0.615. The van der Waals surface area contributed by atoms with Crippen molar-refractivity contribution in [3.63, 3.8) is 0 Å². The summed E-state index contributed by atoms with van der Waals surface area (Å²) < 4.78 is 0. The molecule has 1 aromatic rings. The van der Waals surface area contributed by atoms with Gasteiger partial charge in [0.2, 0.25) is 5.91 Å². The van der Waals surface area contributed by atoms with E-state index in [1.165, 1.54) is 0 Å². The van der Waals surface area contributed by atoms with Crippen LogP contribution in [0.5, 0.6) is 0 Å². The molecule has 18 heavy (non-hydrogen) atoms. The first-order valence-corrected chi connectivity index (χ1v) is 6.75. The molecule has 1 aromatic heterocycles. The second-order valence-electron chi connectivity index (χ2n) is 4.80. The molecule has 2 heterocycles. The average molecular weight is 268 g/mol. The molecular formula is C13H18ClN3O. The van der Waals surface area contributed by atoms with Crippen molar-refractivity contribution in [2.45, 2.75) is 32.6 Å². The van der Waals surface area contributed by atoms with Crippen molar-refractivity contribution >= 4 is 17.5 Å². The van der Waals surface area contributed by atoms with Crippen molar-refractivity contribution in [3.8, 4) is 0 Å². The van der Waals surface area contributed by atoms with Crippen molar-refractivity contribution in [3.05, 3.63) is 23.2 Å². The summed E-state index contributed by atoms with van der Waals surface area (Å²) in [6.45, 7) is 3.36. The molecule has 1 unspecified atom stereocenters. The molecule has 0 bridgehead atoms. The highest BCUT2D eigenvalue weighted by molar-refractivity contribution is 6.29. The second kappa shape index (κ2) is 6.14. The molecule has 0 radical (unpaired) electrons. The lowest BCUT2D eigenvalue weighted by molar-refractivity contribution is -0.128. The number of amides is 1. The number of rotatable bonds is 2. The van der Waals surface area contributed by atoms with Gasteiger partial charge in [-0.3, -0.25) is 9.78 Å². The van der Waals surface area contributed by atoms with Crippen molar-refractivity contribution in [2.75, 3.05) is 13.1 Å². The Balaban J connectivity index is 1.95. The van der Waals surface area contributed by atoms with Gasteiger partial charge in [0.15, 0.2) is 0 Å². The number of aromatic nitrogens is 2. The Morgan fingerprint density at radius 2 is 2.17 bits per heavy atom. The molecule has 5 heteroatoms. The maximum Gasteiger partial charge on any atom is 0.219 e. The molecule has 1 saturated heterocycles. The number of hydrogen-bond donors (Lipinski definition) is 0. The van der Waals surface area contributed by atoms with Gasteiger partial charge < -0.3 is 4.90 Å². The van der Waals surface area contributed by atoms with E-state index in [4.69, 9.17) is 11.6 Å². The van der Waals surface area contributed by atoms with Crippen LogP contribution < -0.4 is 0 Å². The first-order valence-electron chi connectivity index (χ1n) is 6.37. The van der Waals surface area contributed by atoms with E-state index in [1.807, 2.05) is 4.90 Å². The molecule has 1 fully saturated rings. The maximum atomic E-state index is 11.4. The first kappa shape index (κ1) is 13.3. The number of nitrogens with zero attached hydrogens (tertiary/aromatic N) is 3. The third-order valence-electron chi connectivity index (χ3n) is 3.50. The Kier molecular flexibility index (Phi) is 4.53. The first-order chi connectivity index (χ1) is 8.66. The number of hydrogen-bond acceptors (Lipinski definition) is 3. The lowest BCUT2D eigenvalue weighted by Crippen LogP contribution is -2.29. The van der Waals surface area contributed by atoms with Gasteiger partial charge in [0.1, 0.15) is 5.15 Å². The molecule has 4 nitrogen and oxygen atoms in total. The highest BCUT2D eigenvalue weighted by atomic mass is 35.5. The van der Waals surface area contributed by atoms with E-state index in [-0.39, 0.29) is 5.91 Å². The Hall–Kier alpha value is -1.16. The molecule has 0 N–H and O–H groups in total. The van der Waals surface area contributed by atoms with Gasteiger partial charge in [0, 0.05) is 32.4 Å². The van der Waals surface area contributed by atoms with Crippen LogP contribution >= 0.6 is 11.6 Å². The second-order valence-corrected chi connectivity index (χ2v) is 5.16. The van der Waals surface area contributed by atoms with Crippen LogP contribution in [-0.2, 0) is 11.2 Å². The lowest BCUT2D eigenvalue weighted by atomic mass is 9.95. The van der Waals surface area contributed by atoms with E-state index in [0.717, 1.165) is 44.5 Å². The fourth-order valence-electron chi connectivity index (χ4n) is 2.44. The average Bonchev–Trinajstić information content (AvgIpc) is 2.58. The van der Waals surface area contributed by atoms with Crippen LogP contribution in [0.4, 0.5) is 0 Å². The fourth-order valence-corrected chi connectivity index (χ4v) is 2.63. The molecule has 1 aliphatic heterocycles.